The van der Waals surface area contributed by atoms with Crippen molar-refractivity contribution >= 4 is 12.0 Å². The Labute approximate surface area is 116 Å². The highest BCUT2D eigenvalue weighted by Gasteiger charge is 2.02. The van der Waals surface area contributed by atoms with Gasteiger partial charge in [0.15, 0.2) is 0 Å². The quantitative estimate of drug-likeness (QED) is 0.868. The van der Waals surface area contributed by atoms with Crippen molar-refractivity contribution in [2.75, 3.05) is 0 Å². The molecule has 1 aromatic heterocycles. The van der Waals surface area contributed by atoms with Crippen LogP contribution in [0.15, 0.2) is 36.4 Å². The summed E-state index contributed by atoms with van der Waals surface area (Å²) in [7, 11) is 1.84. The molecule has 0 atom stereocenters. The van der Waals surface area contributed by atoms with Crippen LogP contribution >= 0.6 is 0 Å². The molecule has 2 rings (SSSR count). The lowest BCUT2D eigenvalue weighted by molar-refractivity contribution is -0.116. The molecule has 4 nitrogen and oxygen atoms in total. The first kappa shape index (κ1) is 14.0. The zero-order valence-corrected chi connectivity index (χ0v) is 11.4. The third-order valence-electron chi connectivity index (χ3n) is 2.84. The van der Waals surface area contributed by atoms with E-state index < -0.39 is 0 Å². The van der Waals surface area contributed by atoms with Crippen molar-refractivity contribution < 1.29 is 9.18 Å². The van der Waals surface area contributed by atoms with Crippen LogP contribution in [0.4, 0.5) is 4.39 Å². The van der Waals surface area contributed by atoms with Gasteiger partial charge in [-0.3, -0.25) is 9.48 Å². The van der Waals surface area contributed by atoms with Crippen molar-refractivity contribution in [2.24, 2.45) is 7.05 Å². The monoisotopic (exact) mass is 273 g/mol. The topological polar surface area (TPSA) is 46.9 Å². The Morgan fingerprint density at radius 3 is 2.70 bits per heavy atom. The fourth-order valence-electron chi connectivity index (χ4n) is 1.81. The maximum absolute atomic E-state index is 12.7. The first-order chi connectivity index (χ1) is 9.54. The van der Waals surface area contributed by atoms with E-state index in [4.69, 9.17) is 0 Å². The average Bonchev–Trinajstić information content (AvgIpc) is 2.74. The minimum Gasteiger partial charge on any atom is -0.347 e. The number of nitrogens with zero attached hydrogens (tertiary/aromatic N) is 2. The summed E-state index contributed by atoms with van der Waals surface area (Å²) in [5.41, 5.74) is 2.63. The number of aromatic nitrogens is 2. The average molecular weight is 273 g/mol. The molecule has 5 heteroatoms. The van der Waals surface area contributed by atoms with E-state index in [0.29, 0.717) is 6.54 Å². The van der Waals surface area contributed by atoms with Crippen LogP contribution in [0, 0.1) is 12.7 Å². The highest BCUT2D eigenvalue weighted by atomic mass is 19.1. The molecule has 0 spiro atoms. The molecule has 0 fully saturated rings. The van der Waals surface area contributed by atoms with E-state index in [1.807, 2.05) is 20.0 Å². The predicted octanol–water partition coefficient (Wildman–Crippen LogP) is 2.20. The van der Waals surface area contributed by atoms with Gasteiger partial charge in [-0.25, -0.2) is 4.39 Å². The number of hydrogen-bond donors (Lipinski definition) is 1. The zero-order chi connectivity index (χ0) is 14.5. The van der Waals surface area contributed by atoms with Crippen LogP contribution in [0.2, 0.25) is 0 Å². The van der Waals surface area contributed by atoms with Crippen LogP contribution in [0.5, 0.6) is 0 Å². The number of aryl methyl sites for hydroxylation is 2. The summed E-state index contributed by atoms with van der Waals surface area (Å²) in [6, 6.07) is 7.86. The van der Waals surface area contributed by atoms with Gasteiger partial charge >= 0.3 is 0 Å². The lowest BCUT2D eigenvalue weighted by Crippen LogP contribution is -2.21. The van der Waals surface area contributed by atoms with Crippen LogP contribution in [0.3, 0.4) is 0 Å². The normalized spacial score (nSPS) is 10.9. The van der Waals surface area contributed by atoms with Gasteiger partial charge in [0.2, 0.25) is 5.91 Å². The molecule has 20 heavy (non-hydrogen) atoms. The summed E-state index contributed by atoms with van der Waals surface area (Å²) in [4.78, 5) is 11.7. The van der Waals surface area contributed by atoms with Gasteiger partial charge in [-0.2, -0.15) is 5.10 Å². The fourth-order valence-corrected chi connectivity index (χ4v) is 1.81. The van der Waals surface area contributed by atoms with Gasteiger partial charge in [0.05, 0.1) is 17.9 Å². The van der Waals surface area contributed by atoms with E-state index in [1.54, 1.807) is 22.9 Å². The lowest BCUT2D eigenvalue weighted by Gasteiger charge is -2.02. The zero-order valence-electron chi connectivity index (χ0n) is 11.4. The van der Waals surface area contributed by atoms with Crippen LogP contribution < -0.4 is 5.32 Å². The number of halogens is 1. The summed E-state index contributed by atoms with van der Waals surface area (Å²) >= 11 is 0. The number of carbonyl (C=O) groups excluding carboxylic acids is 1. The van der Waals surface area contributed by atoms with Gasteiger partial charge in [-0.15, -0.1) is 0 Å². The summed E-state index contributed by atoms with van der Waals surface area (Å²) in [6.45, 7) is 2.32. The molecule has 1 heterocycles. The number of nitrogens with one attached hydrogen (secondary N) is 1. The molecule has 0 aliphatic rings. The van der Waals surface area contributed by atoms with Crippen LogP contribution in [0.25, 0.3) is 6.08 Å². The number of carbonyl (C=O) groups is 1. The van der Waals surface area contributed by atoms with Crippen LogP contribution in [-0.4, -0.2) is 15.7 Å². The highest BCUT2D eigenvalue weighted by molar-refractivity contribution is 5.91. The Morgan fingerprint density at radius 2 is 2.10 bits per heavy atom. The Bertz CT molecular complexity index is 629. The molecule has 0 saturated heterocycles. The second kappa shape index (κ2) is 6.14. The molecule has 0 radical (unpaired) electrons. The van der Waals surface area contributed by atoms with Crippen molar-refractivity contribution in [1.82, 2.24) is 15.1 Å². The second-order valence-corrected chi connectivity index (χ2v) is 4.50. The van der Waals surface area contributed by atoms with Crippen LogP contribution in [0.1, 0.15) is 17.0 Å². The SMILES string of the molecule is Cc1cc(CNC(=O)/C=C/c2ccc(F)cc2)n(C)n1. The Morgan fingerprint density at radius 1 is 1.40 bits per heavy atom. The van der Waals surface area contributed by atoms with Crippen molar-refractivity contribution in [3.63, 3.8) is 0 Å². The Kier molecular flexibility index (Phi) is 4.30. The third kappa shape index (κ3) is 3.78. The van der Waals surface area contributed by atoms with Gasteiger partial charge in [0, 0.05) is 13.1 Å². The molecule has 1 N–H and O–H groups in total. The largest absolute Gasteiger partial charge is 0.347 e. The van der Waals surface area contributed by atoms with Gasteiger partial charge in [0.1, 0.15) is 5.82 Å². The highest BCUT2D eigenvalue weighted by Crippen LogP contribution is 2.05. The van der Waals surface area contributed by atoms with E-state index in [9.17, 15) is 9.18 Å². The predicted molar refractivity (Wildman–Crippen MR) is 75.2 cm³/mol. The lowest BCUT2D eigenvalue weighted by atomic mass is 10.2. The second-order valence-electron chi connectivity index (χ2n) is 4.50. The Hall–Kier alpha value is -2.43. The fraction of sp³-hybridized carbons (Fsp3) is 0.200. The van der Waals surface area contributed by atoms with Gasteiger partial charge in [-0.1, -0.05) is 12.1 Å². The summed E-state index contributed by atoms with van der Waals surface area (Å²) < 4.78 is 14.5. The van der Waals surface area contributed by atoms with Gasteiger partial charge < -0.3 is 5.32 Å². The van der Waals surface area contributed by atoms with Crippen molar-refractivity contribution in [3.8, 4) is 0 Å². The summed E-state index contributed by atoms with van der Waals surface area (Å²) in [5, 5.41) is 6.98. The summed E-state index contributed by atoms with van der Waals surface area (Å²) in [5.74, 6) is -0.494. The van der Waals surface area contributed by atoms with E-state index >= 15 is 0 Å². The van der Waals surface area contributed by atoms with Gasteiger partial charge in [-0.05, 0) is 36.8 Å². The maximum Gasteiger partial charge on any atom is 0.244 e. The van der Waals surface area contributed by atoms with Crippen molar-refractivity contribution in [1.29, 1.82) is 0 Å². The first-order valence-corrected chi connectivity index (χ1v) is 6.25. The molecule has 0 saturated carbocycles. The smallest absolute Gasteiger partial charge is 0.244 e. The molecule has 0 bridgehead atoms. The summed E-state index contributed by atoms with van der Waals surface area (Å²) in [6.07, 6.45) is 3.07. The van der Waals surface area contributed by atoms with Crippen molar-refractivity contribution in [3.05, 3.63) is 59.2 Å². The molecule has 0 aliphatic carbocycles. The number of hydrogen-bond acceptors (Lipinski definition) is 2. The third-order valence-corrected chi connectivity index (χ3v) is 2.84. The molecule has 1 amide bonds. The van der Waals surface area contributed by atoms with E-state index in [1.165, 1.54) is 18.2 Å². The Balaban J connectivity index is 1.89. The molecular formula is C15H16FN3O. The van der Waals surface area contributed by atoms with E-state index in [2.05, 4.69) is 10.4 Å². The maximum atomic E-state index is 12.7. The van der Waals surface area contributed by atoms with E-state index in [0.717, 1.165) is 17.0 Å². The molecule has 0 unspecified atom stereocenters. The van der Waals surface area contributed by atoms with E-state index in [-0.39, 0.29) is 11.7 Å². The van der Waals surface area contributed by atoms with Gasteiger partial charge in [0.25, 0.3) is 0 Å². The molecule has 104 valence electrons. The number of benzene rings is 1. The molecule has 0 aliphatic heterocycles. The molecule has 2 aromatic rings. The molecule has 1 aromatic carbocycles. The minimum atomic E-state index is -0.293. The standard InChI is InChI=1S/C15H16FN3O/c1-11-9-14(19(2)18-11)10-17-15(20)8-5-12-3-6-13(16)7-4-12/h3-9H,10H2,1-2H3,(H,17,20)/b8-5+. The minimum absolute atomic E-state index is 0.201. The first-order valence-electron chi connectivity index (χ1n) is 6.25. The van der Waals surface area contributed by atoms with Crippen LogP contribution in [-0.2, 0) is 18.4 Å². The number of rotatable bonds is 4. The van der Waals surface area contributed by atoms with Crippen molar-refractivity contribution in [2.45, 2.75) is 13.5 Å². The molecular weight excluding hydrogens is 257 g/mol. The number of amides is 1.